The fourth-order valence-electron chi connectivity index (χ4n) is 0.939. The van der Waals surface area contributed by atoms with E-state index in [1.807, 2.05) is 19.4 Å². The molecular formula is C14H30N2OS. The van der Waals surface area contributed by atoms with Gasteiger partial charge in [-0.2, -0.15) is 0 Å². The first-order valence-corrected chi connectivity index (χ1v) is 6.44. The van der Waals surface area contributed by atoms with Gasteiger partial charge in [-0.1, -0.05) is 47.7 Å². The molecule has 1 rings (SSSR count). The molecule has 0 spiro atoms. The number of aromatic nitrogens is 1. The Hall–Kier alpha value is -0.900. The lowest BCUT2D eigenvalue weighted by Gasteiger charge is -1.97. The average Bonchev–Trinajstić information content (AvgIpc) is 2.67. The van der Waals surface area contributed by atoms with E-state index in [0.29, 0.717) is 5.92 Å². The summed E-state index contributed by atoms with van der Waals surface area (Å²) in [6, 6.07) is 0. The summed E-state index contributed by atoms with van der Waals surface area (Å²) in [5, 5.41) is 5.66. The Bertz CT molecular complexity index is 269. The van der Waals surface area contributed by atoms with Crippen LogP contribution in [-0.2, 0) is 11.3 Å². The van der Waals surface area contributed by atoms with Crippen LogP contribution in [0.1, 0.15) is 48.2 Å². The van der Waals surface area contributed by atoms with Crippen LogP contribution in [0.25, 0.3) is 0 Å². The number of hydrogen-bond acceptors (Lipinski definition) is 4. The van der Waals surface area contributed by atoms with Crippen LogP contribution in [0.5, 0.6) is 0 Å². The summed E-state index contributed by atoms with van der Waals surface area (Å²) in [4.78, 5) is 8.60. The summed E-state index contributed by atoms with van der Waals surface area (Å²) < 4.78 is 0. The lowest BCUT2D eigenvalue weighted by Crippen LogP contribution is -1.92. The van der Waals surface area contributed by atoms with E-state index in [1.165, 1.54) is 5.69 Å². The maximum Gasteiger partial charge on any atom is 0.106 e. The molecule has 3 nitrogen and oxygen atoms in total. The summed E-state index contributed by atoms with van der Waals surface area (Å²) in [6.45, 7) is 8.50. The molecule has 1 aromatic rings. The lowest BCUT2D eigenvalue weighted by molar-refractivity contribution is 0.213. The average molecular weight is 274 g/mol. The van der Waals surface area contributed by atoms with Gasteiger partial charge in [0.25, 0.3) is 0 Å². The second-order valence-corrected chi connectivity index (χ2v) is 4.98. The van der Waals surface area contributed by atoms with E-state index in [0.717, 1.165) is 12.3 Å². The van der Waals surface area contributed by atoms with Gasteiger partial charge in [-0.3, -0.25) is 0 Å². The van der Waals surface area contributed by atoms with Gasteiger partial charge in [0.15, 0.2) is 0 Å². The van der Waals surface area contributed by atoms with E-state index in [1.54, 1.807) is 24.7 Å². The molecule has 0 radical (unpaired) electrons. The molecule has 0 unspecified atom stereocenters. The van der Waals surface area contributed by atoms with Gasteiger partial charge in [-0.15, -0.1) is 11.3 Å². The Morgan fingerprint density at radius 1 is 1.33 bits per heavy atom. The van der Waals surface area contributed by atoms with Gasteiger partial charge in [0.05, 0.1) is 11.2 Å². The van der Waals surface area contributed by atoms with Gasteiger partial charge in [-0.25, -0.2) is 4.98 Å². The van der Waals surface area contributed by atoms with E-state index < -0.39 is 0 Å². The molecule has 0 aromatic carbocycles. The normalized spacial score (nSPS) is 9.50. The third-order valence-corrected chi connectivity index (χ3v) is 2.20. The minimum atomic E-state index is 0. The molecule has 0 aliphatic heterocycles. The smallest absolute Gasteiger partial charge is 0.106 e. The van der Waals surface area contributed by atoms with Crippen molar-refractivity contribution in [1.29, 1.82) is 0 Å². The van der Waals surface area contributed by atoms with Crippen molar-refractivity contribution in [3.05, 3.63) is 16.6 Å². The molecular weight excluding hydrogens is 244 g/mol. The number of nitrogens with zero attached hydrogens (tertiary/aromatic N) is 2. The standard InChI is InChI=1S/C7H11NS.C5H11NO.2CH4/c1-6(2)3-7-4-9-5-8-7;1-5(2)4-6-7-3;;/h4-6H,3H2,1-2H3;4-5H,1-3H3;2*1H4. The first kappa shape index (κ1) is 22.3. The van der Waals surface area contributed by atoms with Gasteiger partial charge in [0.1, 0.15) is 7.11 Å². The quantitative estimate of drug-likeness (QED) is 0.579. The van der Waals surface area contributed by atoms with Gasteiger partial charge in [0, 0.05) is 11.6 Å². The highest BCUT2D eigenvalue weighted by Gasteiger charge is 1.97. The van der Waals surface area contributed by atoms with E-state index in [4.69, 9.17) is 0 Å². The number of rotatable bonds is 4. The molecule has 108 valence electrons. The third kappa shape index (κ3) is 15.1. The van der Waals surface area contributed by atoms with Crippen LogP contribution >= 0.6 is 11.3 Å². The van der Waals surface area contributed by atoms with Crippen molar-refractivity contribution in [3.63, 3.8) is 0 Å². The van der Waals surface area contributed by atoms with E-state index in [2.05, 4.69) is 34.2 Å². The molecule has 0 saturated heterocycles. The van der Waals surface area contributed by atoms with Gasteiger partial charge < -0.3 is 4.84 Å². The van der Waals surface area contributed by atoms with Gasteiger partial charge in [-0.05, 0) is 18.3 Å². The summed E-state index contributed by atoms with van der Waals surface area (Å²) in [7, 11) is 1.54. The van der Waals surface area contributed by atoms with Crippen molar-refractivity contribution in [2.75, 3.05) is 7.11 Å². The van der Waals surface area contributed by atoms with Crippen LogP contribution in [0.2, 0.25) is 0 Å². The highest BCUT2D eigenvalue weighted by molar-refractivity contribution is 7.07. The largest absolute Gasteiger partial charge is 0.399 e. The van der Waals surface area contributed by atoms with Crippen LogP contribution < -0.4 is 0 Å². The Balaban J connectivity index is -0.000000232. The first-order valence-electron chi connectivity index (χ1n) is 5.50. The van der Waals surface area contributed by atoms with Crippen LogP contribution in [0.15, 0.2) is 16.0 Å². The van der Waals surface area contributed by atoms with Gasteiger partial charge >= 0.3 is 0 Å². The molecule has 1 heterocycles. The molecule has 0 atom stereocenters. The fourth-order valence-corrected chi connectivity index (χ4v) is 1.51. The molecule has 1 aromatic heterocycles. The molecule has 0 aliphatic carbocycles. The zero-order valence-corrected chi connectivity index (χ0v) is 11.6. The molecule has 4 heteroatoms. The molecule has 18 heavy (non-hydrogen) atoms. The van der Waals surface area contributed by atoms with Crippen molar-refractivity contribution in [2.24, 2.45) is 17.0 Å². The van der Waals surface area contributed by atoms with Gasteiger partial charge in [0.2, 0.25) is 0 Å². The Morgan fingerprint density at radius 2 is 1.94 bits per heavy atom. The number of thiazole rings is 1. The summed E-state index contributed by atoms with van der Waals surface area (Å²) in [6.07, 6.45) is 2.86. The van der Waals surface area contributed by atoms with Crippen molar-refractivity contribution in [1.82, 2.24) is 4.98 Å². The van der Waals surface area contributed by atoms with E-state index in [-0.39, 0.29) is 14.9 Å². The summed E-state index contributed by atoms with van der Waals surface area (Å²) in [5.41, 5.74) is 3.12. The highest BCUT2D eigenvalue weighted by Crippen LogP contribution is 2.07. The molecule has 0 N–H and O–H groups in total. The van der Waals surface area contributed by atoms with E-state index in [9.17, 15) is 0 Å². The van der Waals surface area contributed by atoms with Crippen LogP contribution in [0.4, 0.5) is 0 Å². The minimum Gasteiger partial charge on any atom is -0.399 e. The zero-order chi connectivity index (χ0) is 12.4. The maximum absolute atomic E-state index is 4.42. The Morgan fingerprint density at radius 3 is 2.22 bits per heavy atom. The van der Waals surface area contributed by atoms with Crippen molar-refractivity contribution in [3.8, 4) is 0 Å². The van der Waals surface area contributed by atoms with Crippen LogP contribution in [-0.4, -0.2) is 18.3 Å². The monoisotopic (exact) mass is 274 g/mol. The second kappa shape index (κ2) is 14.2. The summed E-state index contributed by atoms with van der Waals surface area (Å²) >= 11 is 1.67. The number of oxime groups is 1. The molecule has 0 aliphatic rings. The SMILES string of the molecule is C.C.CC(C)Cc1cscn1.CON=CC(C)C. The third-order valence-electron chi connectivity index (χ3n) is 1.57. The van der Waals surface area contributed by atoms with Crippen molar-refractivity contribution in [2.45, 2.75) is 49.0 Å². The predicted octanol–water partition coefficient (Wildman–Crippen LogP) is 4.89. The zero-order valence-electron chi connectivity index (χ0n) is 10.8. The van der Waals surface area contributed by atoms with E-state index >= 15 is 0 Å². The Kier molecular flexibility index (Phi) is 17.5. The fraction of sp³-hybridized carbons (Fsp3) is 0.714. The molecule has 0 fully saturated rings. The Labute approximate surface area is 117 Å². The van der Waals surface area contributed by atoms with Crippen LogP contribution in [0, 0.1) is 11.8 Å². The topological polar surface area (TPSA) is 34.5 Å². The van der Waals surface area contributed by atoms with Crippen molar-refractivity contribution < 1.29 is 4.84 Å². The predicted molar refractivity (Wildman–Crippen MR) is 84.5 cm³/mol. The second-order valence-electron chi connectivity index (χ2n) is 4.26. The molecule has 0 amide bonds. The first-order chi connectivity index (χ1) is 7.56. The summed E-state index contributed by atoms with van der Waals surface area (Å²) in [5.74, 6) is 1.21. The lowest BCUT2D eigenvalue weighted by atomic mass is 10.1. The minimum absolute atomic E-state index is 0. The number of hydrogen-bond donors (Lipinski definition) is 0. The van der Waals surface area contributed by atoms with Crippen molar-refractivity contribution >= 4 is 17.6 Å². The highest BCUT2D eigenvalue weighted by atomic mass is 32.1. The van der Waals surface area contributed by atoms with Crippen LogP contribution in [0.3, 0.4) is 0 Å². The maximum atomic E-state index is 4.42. The molecule has 0 bridgehead atoms. The molecule has 0 saturated carbocycles.